The Bertz CT molecular complexity index is 306. The van der Waals surface area contributed by atoms with Crippen LogP contribution in [0.3, 0.4) is 0 Å². The average Bonchev–Trinajstić information content (AvgIpc) is 2.74. The molecule has 0 aromatic carbocycles. The maximum Gasteiger partial charge on any atom is 0.243 e. The summed E-state index contributed by atoms with van der Waals surface area (Å²) in [5.74, 6) is 2.17. The number of rotatable bonds is 7. The van der Waals surface area contributed by atoms with E-state index in [-0.39, 0.29) is 12.1 Å². The summed E-state index contributed by atoms with van der Waals surface area (Å²) < 4.78 is 10.3. The van der Waals surface area contributed by atoms with Crippen molar-refractivity contribution >= 4 is 11.8 Å². The van der Waals surface area contributed by atoms with Crippen LogP contribution in [-0.2, 0) is 11.2 Å². The first-order valence-corrected chi connectivity index (χ1v) is 6.66. The maximum absolute atomic E-state index is 5.92. The highest BCUT2D eigenvalue weighted by Crippen LogP contribution is 2.14. The molecule has 0 bridgehead atoms. The molecule has 92 valence electrons. The standard InChI is InChI=1S/C10H19N3O2S/c1-7(14-2)6-9-12-10(15-13-9)8(11)4-5-16-3/h7-8H,4-6,11H2,1-3H3/t7?,8-/m0/s1. The number of methoxy groups -OCH3 is 1. The predicted molar refractivity (Wildman–Crippen MR) is 64.4 cm³/mol. The van der Waals surface area contributed by atoms with Gasteiger partial charge in [-0.1, -0.05) is 5.16 Å². The van der Waals surface area contributed by atoms with Crippen LogP contribution in [-0.4, -0.2) is 35.4 Å². The van der Waals surface area contributed by atoms with Gasteiger partial charge in [-0.15, -0.1) is 0 Å². The molecule has 0 radical (unpaired) electrons. The van der Waals surface area contributed by atoms with E-state index in [0.717, 1.165) is 12.2 Å². The molecular weight excluding hydrogens is 226 g/mol. The molecule has 0 spiro atoms. The van der Waals surface area contributed by atoms with Gasteiger partial charge >= 0.3 is 0 Å². The van der Waals surface area contributed by atoms with E-state index in [2.05, 4.69) is 10.1 Å². The molecule has 2 atom stereocenters. The summed E-state index contributed by atoms with van der Waals surface area (Å²) in [6, 6.07) is -0.161. The number of hydrogen-bond acceptors (Lipinski definition) is 6. The molecule has 0 saturated heterocycles. The number of hydrogen-bond donors (Lipinski definition) is 1. The normalized spacial score (nSPS) is 15.0. The van der Waals surface area contributed by atoms with E-state index < -0.39 is 0 Å². The lowest BCUT2D eigenvalue weighted by molar-refractivity contribution is 0.116. The van der Waals surface area contributed by atoms with Crippen molar-refractivity contribution in [2.75, 3.05) is 19.1 Å². The van der Waals surface area contributed by atoms with Crippen molar-refractivity contribution in [2.24, 2.45) is 5.73 Å². The van der Waals surface area contributed by atoms with Crippen molar-refractivity contribution < 1.29 is 9.26 Å². The van der Waals surface area contributed by atoms with E-state index in [9.17, 15) is 0 Å². The van der Waals surface area contributed by atoms with Crippen molar-refractivity contribution in [2.45, 2.75) is 31.9 Å². The molecule has 6 heteroatoms. The molecule has 16 heavy (non-hydrogen) atoms. The Balaban J connectivity index is 2.50. The second-order valence-corrected chi connectivity index (χ2v) is 4.67. The lowest BCUT2D eigenvalue weighted by Crippen LogP contribution is -2.13. The molecule has 1 heterocycles. The van der Waals surface area contributed by atoms with E-state index in [1.165, 1.54) is 0 Å². The first-order valence-electron chi connectivity index (χ1n) is 5.27. The summed E-state index contributed by atoms with van der Waals surface area (Å²) in [5.41, 5.74) is 5.92. The summed E-state index contributed by atoms with van der Waals surface area (Å²) in [5, 5.41) is 3.88. The molecule has 2 N–H and O–H groups in total. The minimum Gasteiger partial charge on any atom is -0.381 e. The number of nitrogens with two attached hydrogens (primary N) is 1. The summed E-state index contributed by atoms with van der Waals surface area (Å²) in [6.07, 6.45) is 3.64. The van der Waals surface area contributed by atoms with Gasteiger partial charge in [0.05, 0.1) is 12.1 Å². The van der Waals surface area contributed by atoms with Gasteiger partial charge in [0, 0.05) is 13.5 Å². The van der Waals surface area contributed by atoms with Gasteiger partial charge in [0.15, 0.2) is 5.82 Å². The van der Waals surface area contributed by atoms with E-state index in [1.54, 1.807) is 18.9 Å². The second-order valence-electron chi connectivity index (χ2n) is 3.69. The molecule has 0 saturated carbocycles. The highest BCUT2D eigenvalue weighted by molar-refractivity contribution is 7.98. The van der Waals surface area contributed by atoms with Crippen LogP contribution in [0.25, 0.3) is 0 Å². The van der Waals surface area contributed by atoms with E-state index in [1.807, 2.05) is 13.2 Å². The molecule has 0 aliphatic heterocycles. The first kappa shape index (κ1) is 13.5. The third-order valence-electron chi connectivity index (χ3n) is 2.31. The smallest absolute Gasteiger partial charge is 0.243 e. The number of ether oxygens (including phenoxy) is 1. The summed E-state index contributed by atoms with van der Waals surface area (Å²) >= 11 is 1.76. The fraction of sp³-hybridized carbons (Fsp3) is 0.800. The Kier molecular flexibility index (Phi) is 5.79. The van der Waals surface area contributed by atoms with Gasteiger partial charge in [0.1, 0.15) is 0 Å². The average molecular weight is 245 g/mol. The Morgan fingerprint density at radius 1 is 1.56 bits per heavy atom. The highest BCUT2D eigenvalue weighted by Gasteiger charge is 2.15. The Labute approximate surface area is 100 Å². The van der Waals surface area contributed by atoms with Gasteiger partial charge in [0.25, 0.3) is 0 Å². The van der Waals surface area contributed by atoms with Gasteiger partial charge in [-0.25, -0.2) is 0 Å². The van der Waals surface area contributed by atoms with Crippen LogP contribution in [0.5, 0.6) is 0 Å². The van der Waals surface area contributed by atoms with E-state index >= 15 is 0 Å². The number of aromatic nitrogens is 2. The SMILES string of the molecule is COC(C)Cc1noc([C@@H](N)CCSC)n1. The number of nitrogens with zero attached hydrogens (tertiary/aromatic N) is 2. The molecule has 1 rings (SSSR count). The lowest BCUT2D eigenvalue weighted by Gasteiger charge is -2.05. The van der Waals surface area contributed by atoms with Crippen LogP contribution in [0.15, 0.2) is 4.52 Å². The zero-order valence-electron chi connectivity index (χ0n) is 9.97. The minimum absolute atomic E-state index is 0.0906. The fourth-order valence-corrected chi connectivity index (χ4v) is 1.70. The maximum atomic E-state index is 5.92. The van der Waals surface area contributed by atoms with Crippen LogP contribution in [0.4, 0.5) is 0 Å². The summed E-state index contributed by atoms with van der Waals surface area (Å²) in [7, 11) is 1.66. The molecule has 0 amide bonds. The van der Waals surface area contributed by atoms with Gasteiger partial charge in [-0.2, -0.15) is 16.7 Å². The molecule has 0 aliphatic carbocycles. The van der Waals surface area contributed by atoms with Crippen LogP contribution in [0, 0.1) is 0 Å². The predicted octanol–water partition coefficient (Wildman–Crippen LogP) is 1.40. The molecule has 1 aromatic heterocycles. The first-order chi connectivity index (χ1) is 7.67. The summed E-state index contributed by atoms with van der Waals surface area (Å²) in [4.78, 5) is 4.26. The quantitative estimate of drug-likeness (QED) is 0.782. The molecule has 1 aromatic rings. The third-order valence-corrected chi connectivity index (χ3v) is 2.95. The fourth-order valence-electron chi connectivity index (χ4n) is 1.21. The zero-order valence-corrected chi connectivity index (χ0v) is 10.8. The second kappa shape index (κ2) is 6.88. The van der Waals surface area contributed by atoms with Gasteiger partial charge < -0.3 is 15.0 Å². The molecule has 1 unspecified atom stereocenters. The zero-order chi connectivity index (χ0) is 12.0. The molecule has 5 nitrogen and oxygen atoms in total. The largest absolute Gasteiger partial charge is 0.381 e. The monoisotopic (exact) mass is 245 g/mol. The lowest BCUT2D eigenvalue weighted by atomic mass is 10.2. The minimum atomic E-state index is -0.161. The van der Waals surface area contributed by atoms with Crippen molar-refractivity contribution in [1.29, 1.82) is 0 Å². The van der Waals surface area contributed by atoms with Crippen LogP contribution in [0.1, 0.15) is 31.1 Å². The van der Waals surface area contributed by atoms with Gasteiger partial charge in [0.2, 0.25) is 5.89 Å². The molecular formula is C10H19N3O2S. The van der Waals surface area contributed by atoms with Crippen LogP contribution >= 0.6 is 11.8 Å². The molecule has 0 aliphatic rings. The molecule has 0 fully saturated rings. The van der Waals surface area contributed by atoms with Crippen molar-refractivity contribution in [3.05, 3.63) is 11.7 Å². The van der Waals surface area contributed by atoms with Crippen molar-refractivity contribution in [3.63, 3.8) is 0 Å². The van der Waals surface area contributed by atoms with Crippen LogP contribution in [0.2, 0.25) is 0 Å². The Morgan fingerprint density at radius 2 is 2.31 bits per heavy atom. The highest BCUT2D eigenvalue weighted by atomic mass is 32.2. The van der Waals surface area contributed by atoms with E-state index in [4.69, 9.17) is 15.0 Å². The Morgan fingerprint density at radius 3 is 2.94 bits per heavy atom. The summed E-state index contributed by atoms with van der Waals surface area (Å²) in [6.45, 7) is 1.96. The Hall–Kier alpha value is -0.590. The number of thioether (sulfide) groups is 1. The van der Waals surface area contributed by atoms with Gasteiger partial charge in [-0.3, -0.25) is 0 Å². The van der Waals surface area contributed by atoms with Crippen LogP contribution < -0.4 is 5.73 Å². The van der Waals surface area contributed by atoms with Crippen molar-refractivity contribution in [3.8, 4) is 0 Å². The topological polar surface area (TPSA) is 74.2 Å². The third kappa shape index (κ3) is 4.11. The van der Waals surface area contributed by atoms with E-state index in [0.29, 0.717) is 18.1 Å². The van der Waals surface area contributed by atoms with Gasteiger partial charge in [-0.05, 0) is 25.4 Å². The van der Waals surface area contributed by atoms with Crippen molar-refractivity contribution in [1.82, 2.24) is 10.1 Å².